The molecule has 0 nitrogen and oxygen atoms in total. The average molecular weight is 724 g/mol. The van der Waals surface area contributed by atoms with Gasteiger partial charge in [0.2, 0.25) is 0 Å². The molecule has 0 spiro atoms. The van der Waals surface area contributed by atoms with Crippen molar-refractivity contribution in [2.75, 3.05) is 0 Å². The molecule has 0 saturated heterocycles. The third kappa shape index (κ3) is 6.44. The predicted molar refractivity (Wildman–Crippen MR) is 163 cm³/mol. The van der Waals surface area contributed by atoms with Crippen LogP contribution in [0, 0.1) is 35.0 Å². The Bertz CT molecular complexity index is 1020. The molecule has 4 aliphatic carbocycles. The average Bonchev–Trinajstić information content (AvgIpc) is 3.55. The van der Waals surface area contributed by atoms with Gasteiger partial charge < -0.3 is 0 Å². The van der Waals surface area contributed by atoms with E-state index >= 15 is 0 Å². The van der Waals surface area contributed by atoms with Gasteiger partial charge in [-0.05, 0) is 30.6 Å². The third-order valence-corrected chi connectivity index (χ3v) is 24.5. The molecule has 0 radical (unpaired) electrons. The molecular formula is C31H46Cl2HfSi2-2. The van der Waals surface area contributed by atoms with E-state index in [2.05, 4.69) is 65.4 Å². The van der Waals surface area contributed by atoms with Crippen molar-refractivity contribution in [2.45, 2.75) is 78.7 Å². The summed E-state index contributed by atoms with van der Waals surface area (Å²) in [5.74, 6) is 6.00. The maximum atomic E-state index is 2.51. The summed E-state index contributed by atoms with van der Waals surface area (Å²) in [4.78, 5) is 0. The first-order chi connectivity index (χ1) is 16.4. The van der Waals surface area contributed by atoms with Crippen LogP contribution in [0.15, 0.2) is 65.7 Å². The van der Waals surface area contributed by atoms with E-state index in [9.17, 15) is 0 Å². The largest absolute Gasteiger partial charge is 0.214 e. The van der Waals surface area contributed by atoms with Gasteiger partial charge in [-0.2, -0.15) is 18.2 Å². The molecule has 6 rings (SSSR count). The van der Waals surface area contributed by atoms with Crippen molar-refractivity contribution in [1.82, 2.24) is 0 Å². The number of rotatable bonds is 0. The van der Waals surface area contributed by atoms with E-state index in [-0.39, 0.29) is 45.0 Å². The van der Waals surface area contributed by atoms with Gasteiger partial charge in [0.1, 0.15) is 0 Å². The molecule has 2 saturated carbocycles. The van der Waals surface area contributed by atoms with Crippen LogP contribution < -0.4 is 0 Å². The van der Waals surface area contributed by atoms with Gasteiger partial charge >= 0.3 is 39.9 Å². The molecule has 0 amide bonds. The first-order valence-corrected chi connectivity index (χ1v) is 29.8. The predicted octanol–water partition coefficient (Wildman–Crippen LogP) is 7.99. The Morgan fingerprint density at radius 2 is 1.64 bits per heavy atom. The Morgan fingerprint density at radius 3 is 2.22 bits per heavy atom. The van der Waals surface area contributed by atoms with Crippen LogP contribution in [0.2, 0.25) is 6.55 Å². The molecule has 4 aliphatic rings. The first-order valence-electron chi connectivity index (χ1n) is 13.5. The maximum Gasteiger partial charge on any atom is -0.147 e. The van der Waals surface area contributed by atoms with Crippen molar-refractivity contribution < 1.29 is 20.2 Å². The van der Waals surface area contributed by atoms with E-state index in [0.29, 0.717) is 5.41 Å². The van der Waals surface area contributed by atoms with Crippen molar-refractivity contribution >= 4 is 38.0 Å². The first kappa shape index (κ1) is 32.3. The number of allylic oxidation sites excluding steroid dienone is 2. The van der Waals surface area contributed by atoms with Crippen LogP contribution in [0.5, 0.6) is 0 Å². The van der Waals surface area contributed by atoms with Crippen molar-refractivity contribution in [1.29, 1.82) is 0 Å². The van der Waals surface area contributed by atoms with Crippen LogP contribution in [0.1, 0.15) is 76.8 Å². The minimum atomic E-state index is 0. The van der Waals surface area contributed by atoms with Crippen LogP contribution >= 0.6 is 24.8 Å². The Morgan fingerprint density at radius 1 is 1.03 bits per heavy atom. The Kier molecular flexibility index (Phi) is 13.0. The maximum absolute atomic E-state index is 2.51. The molecule has 5 atom stereocenters. The summed E-state index contributed by atoms with van der Waals surface area (Å²) in [5.41, 5.74) is 7.35. The van der Waals surface area contributed by atoms with E-state index in [1.165, 1.54) is 38.5 Å². The van der Waals surface area contributed by atoms with Crippen LogP contribution in [0.3, 0.4) is 0 Å². The molecule has 0 aliphatic heterocycles. The topological polar surface area (TPSA) is 0 Å². The minimum Gasteiger partial charge on any atom is -0.214 e. The van der Waals surface area contributed by atoms with Crippen molar-refractivity contribution in [3.05, 3.63) is 82.8 Å². The molecule has 0 heterocycles. The van der Waals surface area contributed by atoms with E-state index < -0.39 is 0 Å². The van der Waals surface area contributed by atoms with Crippen molar-refractivity contribution in [3.8, 4) is 0 Å². The fourth-order valence-corrected chi connectivity index (χ4v) is 7.33. The monoisotopic (exact) mass is 724 g/mol. The van der Waals surface area contributed by atoms with E-state index in [0.717, 1.165) is 35.8 Å². The molecule has 2 fully saturated rings. The van der Waals surface area contributed by atoms with Crippen molar-refractivity contribution in [2.24, 2.45) is 29.1 Å². The SMILES string of the molecule is C[C-]1C2=C3Cc4ccccc4C3C3CCCCC3C2CC(C)C1(C)C.C[SiH]=[Hf]=[SiH2].Cl.Cl.c1cc[cH-]c1. The van der Waals surface area contributed by atoms with E-state index in [1.807, 2.05) is 41.5 Å². The van der Waals surface area contributed by atoms with Gasteiger partial charge in [-0.1, -0.05) is 99.1 Å². The summed E-state index contributed by atoms with van der Waals surface area (Å²) in [7, 11) is 0. The quantitative estimate of drug-likeness (QED) is 0.191. The Balaban J connectivity index is 0.000000357. The second-order valence-electron chi connectivity index (χ2n) is 11.4. The molecule has 198 valence electrons. The van der Waals surface area contributed by atoms with Crippen LogP contribution in [-0.2, 0) is 26.6 Å². The standard InChI is InChI=1S/C25H33.C5H5.CH4Si.2ClH.Hf.H2Si/c1-15-13-21-19-11-7-8-12-20(19)24-18-10-6-5-9-17(18)14-22(24)23(21)16(2)25(15,3)4;1-2-4-5-3-1;1-2;;;;/h5-6,9-10,15,19-21,24H,7-8,11-14H2,1-4H3;1-5H;2H,1H3;2*1H;;1H2/q2*-1;;;;;. The van der Waals surface area contributed by atoms with E-state index in [4.69, 9.17) is 0 Å². The molecule has 0 aromatic heterocycles. The summed E-state index contributed by atoms with van der Waals surface area (Å²) in [5, 5.41) is 0. The van der Waals surface area contributed by atoms with Gasteiger partial charge in [-0.15, -0.1) is 31.7 Å². The number of hydrogen-bond acceptors (Lipinski definition) is 0. The molecule has 2 aromatic carbocycles. The molecule has 36 heavy (non-hydrogen) atoms. The van der Waals surface area contributed by atoms with Gasteiger partial charge in [-0.25, -0.2) is 29.2 Å². The smallest absolute Gasteiger partial charge is 0.147 e. The zero-order chi connectivity index (χ0) is 24.3. The minimum absolute atomic E-state index is 0. The summed E-state index contributed by atoms with van der Waals surface area (Å²) in [6.07, 6.45) is 9.51. The van der Waals surface area contributed by atoms with Gasteiger partial charge in [0, 0.05) is 0 Å². The van der Waals surface area contributed by atoms with Gasteiger partial charge in [0.25, 0.3) is 0 Å². The van der Waals surface area contributed by atoms with Gasteiger partial charge in [-0.3, -0.25) is 0 Å². The summed E-state index contributed by atoms with van der Waals surface area (Å²) < 4.78 is 0. The van der Waals surface area contributed by atoms with Gasteiger partial charge in [0.05, 0.1) is 0 Å². The third-order valence-electron chi connectivity index (χ3n) is 9.65. The molecule has 2 aromatic rings. The Hall–Kier alpha value is 0.0639. The van der Waals surface area contributed by atoms with E-state index in [1.54, 1.807) is 17.0 Å². The van der Waals surface area contributed by atoms with Gasteiger partial charge in [0.15, 0.2) is 0 Å². The number of halogens is 2. The van der Waals surface area contributed by atoms with Crippen LogP contribution in [0.25, 0.3) is 0 Å². The normalized spacial score (nSPS) is 28.5. The fraction of sp³-hybridized carbons (Fsp3) is 0.548. The number of hydrogen-bond donors (Lipinski definition) is 0. The summed E-state index contributed by atoms with van der Waals surface area (Å²) >= 11 is 0.177. The molecule has 0 N–H and O–H groups in total. The summed E-state index contributed by atoms with van der Waals surface area (Å²) in [6, 6.07) is 19.4. The number of benzene rings is 1. The number of fused-ring (bicyclic) bond motifs is 7. The molecular weight excluding hydrogens is 678 g/mol. The second kappa shape index (κ2) is 14.4. The molecule has 5 unspecified atom stereocenters. The zero-order valence-electron chi connectivity index (χ0n) is 22.9. The zero-order valence-corrected chi connectivity index (χ0v) is 30.7. The van der Waals surface area contributed by atoms with Crippen LogP contribution in [0.4, 0.5) is 0 Å². The van der Waals surface area contributed by atoms with Crippen molar-refractivity contribution in [3.63, 3.8) is 0 Å². The second-order valence-corrected chi connectivity index (χ2v) is 33.1. The fourth-order valence-electron chi connectivity index (χ4n) is 7.33. The van der Waals surface area contributed by atoms with Crippen LogP contribution in [-0.4, -0.2) is 13.2 Å². The summed E-state index contributed by atoms with van der Waals surface area (Å²) in [6.45, 7) is 14.6. The Labute approximate surface area is 246 Å². The molecule has 5 heteroatoms. The molecule has 0 bridgehead atoms.